The summed E-state index contributed by atoms with van der Waals surface area (Å²) in [7, 11) is 0. The zero-order chi connectivity index (χ0) is 19.4. The summed E-state index contributed by atoms with van der Waals surface area (Å²) in [6, 6.07) is 5.66. The van der Waals surface area contributed by atoms with Crippen LogP contribution in [0, 0.1) is 5.92 Å². The summed E-state index contributed by atoms with van der Waals surface area (Å²) in [5.74, 6) is 0.577. The molecule has 144 valence electrons. The molecule has 2 aromatic rings. The van der Waals surface area contributed by atoms with Gasteiger partial charge in [0.15, 0.2) is 6.61 Å². The van der Waals surface area contributed by atoms with Gasteiger partial charge in [0, 0.05) is 17.5 Å². The van der Waals surface area contributed by atoms with E-state index in [0.29, 0.717) is 23.9 Å². The second kappa shape index (κ2) is 8.52. The molecule has 0 saturated carbocycles. The van der Waals surface area contributed by atoms with E-state index in [4.69, 9.17) is 4.74 Å². The highest BCUT2D eigenvalue weighted by atomic mass is 32.1. The summed E-state index contributed by atoms with van der Waals surface area (Å²) in [5, 5.41) is 5.99. The number of anilines is 1. The summed E-state index contributed by atoms with van der Waals surface area (Å²) in [5.41, 5.74) is 2.42. The van der Waals surface area contributed by atoms with Crippen molar-refractivity contribution in [1.82, 2.24) is 10.3 Å². The van der Waals surface area contributed by atoms with E-state index in [2.05, 4.69) is 17.2 Å². The molecular weight excluding hydrogens is 362 g/mol. The van der Waals surface area contributed by atoms with Gasteiger partial charge in [-0.15, -0.1) is 11.3 Å². The predicted molar refractivity (Wildman–Crippen MR) is 107 cm³/mol. The molecule has 3 rings (SSSR count). The number of ether oxygens (including phenoxy) is 1. The zero-order valence-corrected chi connectivity index (χ0v) is 16.8. The van der Waals surface area contributed by atoms with Crippen LogP contribution in [0.25, 0.3) is 11.3 Å². The van der Waals surface area contributed by atoms with Crippen molar-refractivity contribution in [1.29, 1.82) is 0 Å². The van der Waals surface area contributed by atoms with Gasteiger partial charge in [0.1, 0.15) is 12.3 Å². The lowest BCUT2D eigenvalue weighted by atomic mass is 10.1. The van der Waals surface area contributed by atoms with E-state index < -0.39 is 0 Å². The number of rotatable bonds is 7. The van der Waals surface area contributed by atoms with Gasteiger partial charge < -0.3 is 10.1 Å². The average Bonchev–Trinajstić information content (AvgIpc) is 3.11. The standard InChI is InChI=1S/C20H25N3O3S/c1-4-5-19-22-15(12-27-19)14-6-7-17-16(8-14)23(20(25)11-26-17)10-18(24)21-9-13(2)3/h6-8,12-13H,4-5,9-11H2,1-3H3,(H,21,24). The molecule has 2 heterocycles. The van der Waals surface area contributed by atoms with E-state index in [1.54, 1.807) is 11.3 Å². The molecule has 0 radical (unpaired) electrons. The van der Waals surface area contributed by atoms with Crippen LogP contribution in [0.1, 0.15) is 32.2 Å². The van der Waals surface area contributed by atoms with Crippen LogP contribution in [0.15, 0.2) is 23.6 Å². The number of benzene rings is 1. The van der Waals surface area contributed by atoms with E-state index in [1.807, 2.05) is 37.4 Å². The van der Waals surface area contributed by atoms with Crippen LogP contribution in [-0.2, 0) is 16.0 Å². The van der Waals surface area contributed by atoms with Gasteiger partial charge in [-0.2, -0.15) is 0 Å². The number of carbonyl (C=O) groups is 2. The summed E-state index contributed by atoms with van der Waals surface area (Å²) in [6.07, 6.45) is 2.01. The number of amides is 2. The second-order valence-corrected chi connectivity index (χ2v) is 7.97. The Morgan fingerprint density at radius 1 is 1.41 bits per heavy atom. The molecule has 1 aromatic heterocycles. The van der Waals surface area contributed by atoms with Gasteiger partial charge in [-0.1, -0.05) is 20.8 Å². The molecular formula is C20H25N3O3S. The molecule has 0 fully saturated rings. The van der Waals surface area contributed by atoms with Crippen molar-refractivity contribution in [2.75, 3.05) is 24.6 Å². The normalized spacial score (nSPS) is 13.5. The topological polar surface area (TPSA) is 71.5 Å². The molecule has 0 aliphatic carbocycles. The van der Waals surface area contributed by atoms with E-state index in [9.17, 15) is 9.59 Å². The predicted octanol–water partition coefficient (Wildman–Crippen LogP) is 3.26. The number of fused-ring (bicyclic) bond motifs is 1. The molecule has 1 aromatic carbocycles. The maximum atomic E-state index is 12.4. The first-order valence-corrected chi connectivity index (χ1v) is 10.1. The quantitative estimate of drug-likeness (QED) is 0.792. The van der Waals surface area contributed by atoms with Crippen LogP contribution in [0.4, 0.5) is 5.69 Å². The van der Waals surface area contributed by atoms with Crippen molar-refractivity contribution >= 4 is 28.8 Å². The monoisotopic (exact) mass is 387 g/mol. The molecule has 0 atom stereocenters. The first kappa shape index (κ1) is 19.4. The fraction of sp³-hybridized carbons (Fsp3) is 0.450. The van der Waals surface area contributed by atoms with Crippen molar-refractivity contribution in [2.45, 2.75) is 33.6 Å². The highest BCUT2D eigenvalue weighted by molar-refractivity contribution is 7.09. The van der Waals surface area contributed by atoms with Crippen molar-refractivity contribution in [3.63, 3.8) is 0 Å². The Labute approximate surface area is 163 Å². The third-order valence-electron chi connectivity index (χ3n) is 4.22. The van der Waals surface area contributed by atoms with E-state index >= 15 is 0 Å². The molecule has 6 nitrogen and oxygen atoms in total. The average molecular weight is 388 g/mol. The van der Waals surface area contributed by atoms with E-state index in [0.717, 1.165) is 29.1 Å². The van der Waals surface area contributed by atoms with Crippen molar-refractivity contribution in [2.24, 2.45) is 5.92 Å². The number of thiazole rings is 1. The molecule has 1 aliphatic rings. The number of hydrogen-bond donors (Lipinski definition) is 1. The van der Waals surface area contributed by atoms with Crippen molar-refractivity contribution < 1.29 is 14.3 Å². The molecule has 0 unspecified atom stereocenters. The van der Waals surface area contributed by atoms with Gasteiger partial charge in [0.2, 0.25) is 5.91 Å². The number of aryl methyl sites for hydroxylation is 1. The first-order valence-electron chi connectivity index (χ1n) is 9.26. The van der Waals surface area contributed by atoms with Gasteiger partial charge >= 0.3 is 0 Å². The maximum Gasteiger partial charge on any atom is 0.265 e. The zero-order valence-electron chi connectivity index (χ0n) is 15.9. The third kappa shape index (κ3) is 4.66. The minimum atomic E-state index is -0.218. The van der Waals surface area contributed by atoms with Crippen LogP contribution < -0.4 is 15.0 Å². The van der Waals surface area contributed by atoms with Crippen molar-refractivity contribution in [3.8, 4) is 17.0 Å². The van der Waals surface area contributed by atoms with Crippen LogP contribution in [0.2, 0.25) is 0 Å². The molecule has 1 aliphatic heterocycles. The molecule has 1 N–H and O–H groups in total. The van der Waals surface area contributed by atoms with Gasteiger partial charge in [0.25, 0.3) is 5.91 Å². The molecule has 0 saturated heterocycles. The highest BCUT2D eigenvalue weighted by Crippen LogP contribution is 2.36. The van der Waals surface area contributed by atoms with Crippen LogP contribution >= 0.6 is 11.3 Å². The lowest BCUT2D eigenvalue weighted by Gasteiger charge is -2.29. The number of nitrogens with zero attached hydrogens (tertiary/aromatic N) is 2. The fourth-order valence-corrected chi connectivity index (χ4v) is 3.73. The highest BCUT2D eigenvalue weighted by Gasteiger charge is 2.28. The van der Waals surface area contributed by atoms with E-state index in [-0.39, 0.29) is 25.0 Å². The summed E-state index contributed by atoms with van der Waals surface area (Å²) in [4.78, 5) is 30.8. The minimum Gasteiger partial charge on any atom is -0.482 e. The lowest BCUT2D eigenvalue weighted by molar-refractivity contribution is -0.125. The van der Waals surface area contributed by atoms with Gasteiger partial charge in [-0.3, -0.25) is 14.5 Å². The number of hydrogen-bond acceptors (Lipinski definition) is 5. The summed E-state index contributed by atoms with van der Waals surface area (Å²) >= 11 is 1.64. The Morgan fingerprint density at radius 3 is 2.96 bits per heavy atom. The number of nitrogens with one attached hydrogen (secondary N) is 1. The maximum absolute atomic E-state index is 12.4. The van der Waals surface area contributed by atoms with Gasteiger partial charge in [0.05, 0.1) is 16.4 Å². The molecule has 0 bridgehead atoms. The van der Waals surface area contributed by atoms with E-state index in [1.165, 1.54) is 4.90 Å². The Bertz CT molecular complexity index is 832. The fourth-order valence-electron chi connectivity index (χ4n) is 2.82. The van der Waals surface area contributed by atoms with Crippen LogP contribution in [0.3, 0.4) is 0 Å². The number of aromatic nitrogens is 1. The largest absolute Gasteiger partial charge is 0.482 e. The lowest BCUT2D eigenvalue weighted by Crippen LogP contribution is -2.45. The Morgan fingerprint density at radius 2 is 2.22 bits per heavy atom. The second-order valence-electron chi connectivity index (χ2n) is 7.03. The van der Waals surface area contributed by atoms with Crippen molar-refractivity contribution in [3.05, 3.63) is 28.6 Å². The van der Waals surface area contributed by atoms with Gasteiger partial charge in [-0.05, 0) is 37.0 Å². The smallest absolute Gasteiger partial charge is 0.265 e. The molecule has 7 heteroatoms. The molecule has 0 spiro atoms. The van der Waals surface area contributed by atoms with Gasteiger partial charge in [-0.25, -0.2) is 4.98 Å². The minimum absolute atomic E-state index is 0.0104. The Balaban J connectivity index is 1.84. The van der Waals surface area contributed by atoms with Crippen LogP contribution in [0.5, 0.6) is 5.75 Å². The molecule has 2 amide bonds. The molecule has 27 heavy (non-hydrogen) atoms. The third-order valence-corrected chi connectivity index (χ3v) is 5.13. The summed E-state index contributed by atoms with van der Waals surface area (Å²) < 4.78 is 5.54. The Hall–Kier alpha value is -2.41. The summed E-state index contributed by atoms with van der Waals surface area (Å²) in [6.45, 7) is 6.71. The van der Waals surface area contributed by atoms with Crippen LogP contribution in [-0.4, -0.2) is 36.5 Å². The number of carbonyl (C=O) groups excluding carboxylic acids is 2. The SMILES string of the molecule is CCCc1nc(-c2ccc3c(c2)N(CC(=O)NCC(C)C)C(=O)CO3)cs1. The first-order chi connectivity index (χ1) is 13.0. The Kier molecular flexibility index (Phi) is 6.11.